The van der Waals surface area contributed by atoms with Crippen molar-refractivity contribution in [3.8, 4) is 0 Å². The summed E-state index contributed by atoms with van der Waals surface area (Å²) in [5.41, 5.74) is 0.993. The number of anilines is 1. The molecule has 18 heavy (non-hydrogen) atoms. The molecule has 2 rings (SSSR count). The van der Waals surface area contributed by atoms with Gasteiger partial charge in [-0.2, -0.15) is 0 Å². The maximum atomic E-state index is 11.5. The molecular formula is C12H10BrN3OS. The van der Waals surface area contributed by atoms with E-state index < -0.39 is 0 Å². The fourth-order valence-corrected chi connectivity index (χ4v) is 2.18. The highest BCUT2D eigenvalue weighted by Gasteiger charge is 2.00. The first-order valence-electron chi connectivity index (χ1n) is 5.14. The van der Waals surface area contributed by atoms with E-state index in [1.807, 2.05) is 30.3 Å². The first-order valence-corrected chi connectivity index (χ1v) is 6.81. The molecule has 2 N–H and O–H groups in total. The summed E-state index contributed by atoms with van der Waals surface area (Å²) in [5, 5.41) is 7.60. The van der Waals surface area contributed by atoms with Crippen LogP contribution in [-0.4, -0.2) is 11.0 Å². The van der Waals surface area contributed by atoms with Crippen LogP contribution in [0.4, 0.5) is 9.93 Å². The number of rotatable bonds is 3. The van der Waals surface area contributed by atoms with Gasteiger partial charge in [0.2, 0.25) is 0 Å². The molecule has 0 spiro atoms. The van der Waals surface area contributed by atoms with Crippen LogP contribution in [0.5, 0.6) is 0 Å². The summed E-state index contributed by atoms with van der Waals surface area (Å²) in [6, 6.07) is 7.44. The van der Waals surface area contributed by atoms with Gasteiger partial charge in [-0.15, -0.1) is 11.3 Å². The number of carbonyl (C=O) groups excluding carboxylic acids is 1. The van der Waals surface area contributed by atoms with Gasteiger partial charge in [0.05, 0.1) is 0 Å². The first kappa shape index (κ1) is 12.8. The zero-order valence-corrected chi connectivity index (χ0v) is 11.7. The third-order valence-electron chi connectivity index (χ3n) is 2.04. The molecule has 0 aliphatic rings. The monoisotopic (exact) mass is 323 g/mol. The van der Waals surface area contributed by atoms with E-state index in [2.05, 4.69) is 31.5 Å². The second-order valence-corrected chi connectivity index (χ2v) is 5.04. The third kappa shape index (κ3) is 3.68. The lowest BCUT2D eigenvalue weighted by molar-refractivity contribution is 0.255. The quantitative estimate of drug-likeness (QED) is 0.904. The largest absolute Gasteiger partial charge is 0.325 e. The summed E-state index contributed by atoms with van der Waals surface area (Å²) in [6.45, 7) is 0. The van der Waals surface area contributed by atoms with E-state index in [9.17, 15) is 4.79 Å². The van der Waals surface area contributed by atoms with Crippen LogP contribution in [-0.2, 0) is 0 Å². The van der Waals surface area contributed by atoms with Crippen molar-refractivity contribution in [1.29, 1.82) is 0 Å². The van der Waals surface area contributed by atoms with Crippen molar-refractivity contribution in [2.75, 3.05) is 5.32 Å². The molecule has 1 aromatic heterocycles. The number of amides is 2. The summed E-state index contributed by atoms with van der Waals surface area (Å²) in [7, 11) is 0. The Balaban J connectivity index is 1.88. The van der Waals surface area contributed by atoms with E-state index >= 15 is 0 Å². The van der Waals surface area contributed by atoms with E-state index in [0.717, 1.165) is 10.0 Å². The minimum atomic E-state index is -0.312. The maximum absolute atomic E-state index is 11.5. The van der Waals surface area contributed by atoms with Crippen molar-refractivity contribution in [2.24, 2.45) is 0 Å². The number of halogens is 1. The average Bonchev–Trinajstić information content (AvgIpc) is 2.84. The highest BCUT2D eigenvalue weighted by Crippen LogP contribution is 2.16. The van der Waals surface area contributed by atoms with Crippen molar-refractivity contribution in [3.05, 3.63) is 52.1 Å². The Bertz CT molecular complexity index is 554. The number of nitrogens with one attached hydrogen (secondary N) is 2. The number of hydrogen-bond donors (Lipinski definition) is 2. The van der Waals surface area contributed by atoms with Crippen LogP contribution in [0.1, 0.15) is 5.56 Å². The molecule has 0 atom stereocenters. The highest BCUT2D eigenvalue weighted by molar-refractivity contribution is 9.10. The van der Waals surface area contributed by atoms with Crippen LogP contribution in [0.25, 0.3) is 6.08 Å². The molecule has 1 aromatic carbocycles. The van der Waals surface area contributed by atoms with Crippen LogP contribution in [0.3, 0.4) is 0 Å². The van der Waals surface area contributed by atoms with E-state index in [1.165, 1.54) is 11.3 Å². The standard InChI is InChI=1S/C12H10BrN3OS/c13-10-4-2-1-3-9(10)5-6-14-11(17)16-12-15-7-8-18-12/h1-8H,(H2,14,15,16,17)/b6-5+. The second-order valence-electron chi connectivity index (χ2n) is 3.29. The van der Waals surface area contributed by atoms with E-state index in [0.29, 0.717) is 5.13 Å². The summed E-state index contributed by atoms with van der Waals surface area (Å²) >= 11 is 4.79. The third-order valence-corrected chi connectivity index (χ3v) is 3.45. The van der Waals surface area contributed by atoms with Crippen LogP contribution >= 0.6 is 27.3 Å². The molecule has 0 saturated heterocycles. The molecule has 2 amide bonds. The fourth-order valence-electron chi connectivity index (χ4n) is 1.24. The molecule has 4 nitrogen and oxygen atoms in total. The van der Waals surface area contributed by atoms with Crippen LogP contribution < -0.4 is 10.6 Å². The number of carbonyl (C=O) groups is 1. The van der Waals surface area contributed by atoms with Crippen molar-refractivity contribution >= 4 is 44.5 Å². The number of hydrogen-bond acceptors (Lipinski definition) is 3. The lowest BCUT2D eigenvalue weighted by Crippen LogP contribution is -2.23. The number of urea groups is 1. The van der Waals surface area contributed by atoms with E-state index in [-0.39, 0.29) is 6.03 Å². The smallest absolute Gasteiger partial charge is 0.314 e. The van der Waals surface area contributed by atoms with Gasteiger partial charge in [0, 0.05) is 22.2 Å². The Morgan fingerprint density at radius 3 is 2.94 bits per heavy atom. The predicted molar refractivity (Wildman–Crippen MR) is 77.4 cm³/mol. The molecule has 0 radical (unpaired) electrons. The Kier molecular flexibility index (Phi) is 4.49. The molecular weight excluding hydrogens is 314 g/mol. The van der Waals surface area contributed by atoms with Crippen molar-refractivity contribution in [2.45, 2.75) is 0 Å². The zero-order valence-electron chi connectivity index (χ0n) is 9.26. The molecule has 0 aliphatic carbocycles. The molecule has 2 aromatic rings. The number of thiazole rings is 1. The van der Waals surface area contributed by atoms with Gasteiger partial charge in [0.25, 0.3) is 0 Å². The summed E-state index contributed by atoms with van der Waals surface area (Å²) in [4.78, 5) is 15.4. The Morgan fingerprint density at radius 1 is 1.39 bits per heavy atom. The van der Waals surface area contributed by atoms with E-state index in [1.54, 1.807) is 17.8 Å². The van der Waals surface area contributed by atoms with Gasteiger partial charge in [-0.1, -0.05) is 34.1 Å². The molecule has 0 saturated carbocycles. The van der Waals surface area contributed by atoms with Crippen LogP contribution in [0, 0.1) is 0 Å². The lowest BCUT2D eigenvalue weighted by atomic mass is 10.2. The topological polar surface area (TPSA) is 54.0 Å². The van der Waals surface area contributed by atoms with Gasteiger partial charge in [-0.3, -0.25) is 5.32 Å². The lowest BCUT2D eigenvalue weighted by Gasteiger charge is -2.00. The van der Waals surface area contributed by atoms with Gasteiger partial charge in [-0.05, 0) is 17.7 Å². The Labute approximate surface area is 117 Å². The SMILES string of the molecule is O=C(N/C=C/c1ccccc1Br)Nc1nccs1. The first-order chi connectivity index (χ1) is 8.75. The highest BCUT2D eigenvalue weighted by atomic mass is 79.9. The second kappa shape index (κ2) is 6.32. The fraction of sp³-hybridized carbons (Fsp3) is 0. The summed E-state index contributed by atoms with van der Waals surface area (Å²) < 4.78 is 0.975. The molecule has 6 heteroatoms. The van der Waals surface area contributed by atoms with Crippen molar-refractivity contribution < 1.29 is 4.79 Å². The summed E-state index contributed by atoms with van der Waals surface area (Å²) in [6.07, 6.45) is 5.03. The van der Waals surface area contributed by atoms with Gasteiger partial charge in [0.15, 0.2) is 5.13 Å². The maximum Gasteiger partial charge on any atom is 0.325 e. The molecule has 92 valence electrons. The van der Waals surface area contributed by atoms with Gasteiger partial charge < -0.3 is 5.32 Å². The van der Waals surface area contributed by atoms with Gasteiger partial charge in [-0.25, -0.2) is 9.78 Å². The summed E-state index contributed by atoms with van der Waals surface area (Å²) in [5.74, 6) is 0. The number of nitrogens with zero attached hydrogens (tertiary/aromatic N) is 1. The van der Waals surface area contributed by atoms with Crippen LogP contribution in [0.15, 0.2) is 46.5 Å². The van der Waals surface area contributed by atoms with Crippen molar-refractivity contribution in [1.82, 2.24) is 10.3 Å². The Morgan fingerprint density at radius 2 is 2.22 bits per heavy atom. The number of benzene rings is 1. The molecule has 0 unspecified atom stereocenters. The predicted octanol–water partition coefficient (Wildman–Crippen LogP) is 3.70. The molecule has 0 aliphatic heterocycles. The van der Waals surface area contributed by atoms with E-state index in [4.69, 9.17) is 0 Å². The van der Waals surface area contributed by atoms with Gasteiger partial charge in [0.1, 0.15) is 0 Å². The minimum Gasteiger partial charge on any atom is -0.314 e. The van der Waals surface area contributed by atoms with Crippen LogP contribution in [0.2, 0.25) is 0 Å². The number of aromatic nitrogens is 1. The molecule has 0 fully saturated rings. The molecule has 1 heterocycles. The minimum absolute atomic E-state index is 0.312. The normalized spacial score (nSPS) is 10.5. The van der Waals surface area contributed by atoms with Crippen molar-refractivity contribution in [3.63, 3.8) is 0 Å². The Hall–Kier alpha value is -1.66. The van der Waals surface area contributed by atoms with Gasteiger partial charge >= 0.3 is 6.03 Å². The molecule has 0 bridgehead atoms. The zero-order chi connectivity index (χ0) is 12.8. The average molecular weight is 324 g/mol.